The molecule has 3 heterocycles. The molecule has 2 N–H and O–H groups in total. The minimum atomic E-state index is -0.485. The average molecular weight is 356 g/mol. The molecule has 0 fully saturated rings. The molecule has 1 aliphatic rings. The number of para-hydroxylation sites is 1. The molecule has 0 aliphatic carbocycles. The summed E-state index contributed by atoms with van der Waals surface area (Å²) < 4.78 is 1.66. The van der Waals surface area contributed by atoms with Crippen molar-refractivity contribution in [1.82, 2.24) is 14.8 Å². The number of nitriles is 1. The Hall–Kier alpha value is -3.92. The summed E-state index contributed by atoms with van der Waals surface area (Å²) in [5.74, 6) is 0.333. The summed E-state index contributed by atoms with van der Waals surface area (Å²) in [7, 11) is 0. The van der Waals surface area contributed by atoms with Crippen LogP contribution in [0.5, 0.6) is 0 Å². The zero-order chi connectivity index (χ0) is 18.8. The van der Waals surface area contributed by atoms with Crippen molar-refractivity contribution in [1.29, 1.82) is 5.26 Å². The Morgan fingerprint density at radius 1 is 1.22 bits per heavy atom. The number of nitrogens with one attached hydrogen (secondary N) is 2. The van der Waals surface area contributed by atoms with E-state index >= 15 is 0 Å². The van der Waals surface area contributed by atoms with E-state index in [0.29, 0.717) is 28.3 Å². The van der Waals surface area contributed by atoms with Crippen LogP contribution >= 0.6 is 0 Å². The molecule has 0 saturated heterocycles. The highest BCUT2D eigenvalue weighted by Crippen LogP contribution is 2.37. The molecule has 7 nitrogen and oxygen atoms in total. The summed E-state index contributed by atoms with van der Waals surface area (Å²) >= 11 is 0. The number of nitrogens with zero attached hydrogens (tertiary/aromatic N) is 4. The van der Waals surface area contributed by atoms with E-state index in [1.54, 1.807) is 17.1 Å². The number of anilines is 2. The van der Waals surface area contributed by atoms with Crippen LogP contribution in [0.25, 0.3) is 0 Å². The Bertz CT molecular complexity index is 1060. The maximum absolute atomic E-state index is 13.1. The molecule has 1 amide bonds. The molecular weight excluding hydrogens is 340 g/mol. The maximum Gasteiger partial charge on any atom is 0.255 e. The van der Waals surface area contributed by atoms with Crippen molar-refractivity contribution < 1.29 is 4.79 Å². The van der Waals surface area contributed by atoms with E-state index in [1.165, 1.54) is 6.20 Å². The van der Waals surface area contributed by atoms with Crippen molar-refractivity contribution in [3.05, 3.63) is 83.5 Å². The molecule has 1 atom stereocenters. The fourth-order valence-electron chi connectivity index (χ4n) is 3.20. The van der Waals surface area contributed by atoms with Gasteiger partial charge in [-0.25, -0.2) is 4.68 Å². The van der Waals surface area contributed by atoms with E-state index in [-0.39, 0.29) is 5.91 Å². The van der Waals surface area contributed by atoms with Crippen molar-refractivity contribution in [3.8, 4) is 6.07 Å². The topological polar surface area (TPSA) is 95.6 Å². The van der Waals surface area contributed by atoms with Gasteiger partial charge in [0.1, 0.15) is 23.5 Å². The van der Waals surface area contributed by atoms with Gasteiger partial charge in [0.15, 0.2) is 0 Å². The van der Waals surface area contributed by atoms with Gasteiger partial charge in [0.05, 0.1) is 11.8 Å². The number of hydrogen-bond acceptors (Lipinski definition) is 5. The predicted octanol–water partition coefficient (Wildman–Crippen LogP) is 3.08. The summed E-state index contributed by atoms with van der Waals surface area (Å²) in [6.45, 7) is 1.82. The lowest BCUT2D eigenvalue weighted by atomic mass is 9.95. The Kier molecular flexibility index (Phi) is 4.15. The molecule has 3 aromatic rings. The van der Waals surface area contributed by atoms with Gasteiger partial charge in [0.25, 0.3) is 5.91 Å². The number of hydrogen-bond donors (Lipinski definition) is 2. The normalized spacial score (nSPS) is 15.5. The quantitative estimate of drug-likeness (QED) is 0.752. The summed E-state index contributed by atoms with van der Waals surface area (Å²) in [5.41, 5.74) is 3.13. The van der Waals surface area contributed by atoms with Crippen LogP contribution in [0.4, 0.5) is 11.5 Å². The fourth-order valence-corrected chi connectivity index (χ4v) is 3.20. The molecule has 0 spiro atoms. The van der Waals surface area contributed by atoms with Gasteiger partial charge in [0.2, 0.25) is 0 Å². The molecule has 1 aliphatic heterocycles. The number of benzene rings is 1. The molecule has 1 aromatic carbocycles. The third-order valence-electron chi connectivity index (χ3n) is 4.42. The van der Waals surface area contributed by atoms with Crippen molar-refractivity contribution in [2.45, 2.75) is 13.0 Å². The number of carbonyl (C=O) groups is 1. The maximum atomic E-state index is 13.1. The van der Waals surface area contributed by atoms with Crippen LogP contribution in [-0.2, 0) is 4.79 Å². The summed E-state index contributed by atoms with van der Waals surface area (Å²) in [4.78, 5) is 17.3. The molecule has 7 heteroatoms. The van der Waals surface area contributed by atoms with Crippen molar-refractivity contribution in [2.75, 3.05) is 10.6 Å². The Balaban J connectivity index is 1.81. The fraction of sp³-hybridized carbons (Fsp3) is 0.100. The van der Waals surface area contributed by atoms with E-state index in [0.717, 1.165) is 5.56 Å². The summed E-state index contributed by atoms with van der Waals surface area (Å²) in [6.07, 6.45) is 4.88. The second kappa shape index (κ2) is 6.77. The molecule has 0 bridgehead atoms. The van der Waals surface area contributed by atoms with Crippen LogP contribution in [-0.4, -0.2) is 20.7 Å². The third kappa shape index (κ3) is 2.93. The van der Waals surface area contributed by atoms with Gasteiger partial charge in [-0.3, -0.25) is 9.78 Å². The highest BCUT2D eigenvalue weighted by molar-refractivity contribution is 6.06. The van der Waals surface area contributed by atoms with Gasteiger partial charge in [-0.05, 0) is 30.7 Å². The first-order valence-electron chi connectivity index (χ1n) is 8.40. The molecular formula is C20H16N6O. The van der Waals surface area contributed by atoms with E-state index in [4.69, 9.17) is 0 Å². The van der Waals surface area contributed by atoms with Gasteiger partial charge in [-0.1, -0.05) is 24.3 Å². The Labute approximate surface area is 156 Å². The van der Waals surface area contributed by atoms with Gasteiger partial charge in [-0.2, -0.15) is 10.4 Å². The number of amides is 1. The van der Waals surface area contributed by atoms with Crippen LogP contribution < -0.4 is 10.6 Å². The van der Waals surface area contributed by atoms with Crippen LogP contribution in [0, 0.1) is 11.3 Å². The summed E-state index contributed by atoms with van der Waals surface area (Å²) in [5, 5.41) is 19.8. The van der Waals surface area contributed by atoms with E-state index < -0.39 is 6.04 Å². The first-order chi connectivity index (χ1) is 13.2. The molecule has 0 saturated carbocycles. The van der Waals surface area contributed by atoms with Gasteiger partial charge >= 0.3 is 0 Å². The number of allylic oxidation sites excluding steroid dienone is 1. The van der Waals surface area contributed by atoms with Crippen LogP contribution in [0.2, 0.25) is 0 Å². The number of fused-ring (bicyclic) bond motifs is 1. The largest absolute Gasteiger partial charge is 0.343 e. The number of carbonyl (C=O) groups excluding carboxylic acids is 1. The van der Waals surface area contributed by atoms with Crippen LogP contribution in [0.1, 0.15) is 24.1 Å². The van der Waals surface area contributed by atoms with Crippen molar-refractivity contribution in [2.24, 2.45) is 0 Å². The van der Waals surface area contributed by atoms with Gasteiger partial charge < -0.3 is 10.6 Å². The molecule has 1 unspecified atom stereocenters. The first kappa shape index (κ1) is 16.5. The molecule has 4 rings (SSSR count). The lowest BCUT2D eigenvalue weighted by Crippen LogP contribution is -2.31. The zero-order valence-electron chi connectivity index (χ0n) is 14.5. The highest BCUT2D eigenvalue weighted by Gasteiger charge is 2.34. The summed E-state index contributed by atoms with van der Waals surface area (Å²) in [6, 6.07) is 14.6. The highest BCUT2D eigenvalue weighted by atomic mass is 16.1. The first-order valence-corrected chi connectivity index (χ1v) is 8.40. The molecule has 27 heavy (non-hydrogen) atoms. The van der Waals surface area contributed by atoms with Crippen LogP contribution in [0.15, 0.2) is 72.3 Å². The molecule has 2 aromatic heterocycles. The van der Waals surface area contributed by atoms with Gasteiger partial charge in [0, 0.05) is 23.8 Å². The minimum absolute atomic E-state index is 0.236. The SMILES string of the molecule is CC1=C(C(=O)Nc2ccccc2)C(c2cccnc2)n2ncc(C#N)c2N1. The van der Waals surface area contributed by atoms with E-state index in [1.807, 2.05) is 49.4 Å². The standard InChI is InChI=1S/C20H16N6O/c1-13-17(20(27)25-16-7-3-2-4-8-16)18(14-6-5-9-22-11-14)26-19(24-13)15(10-21)12-23-26/h2-9,11-12,18,24H,1H3,(H,25,27). The lowest BCUT2D eigenvalue weighted by Gasteiger charge is -2.29. The van der Waals surface area contributed by atoms with Gasteiger partial charge in [-0.15, -0.1) is 0 Å². The Morgan fingerprint density at radius 3 is 2.74 bits per heavy atom. The number of aromatic nitrogens is 3. The molecule has 0 radical (unpaired) electrons. The third-order valence-corrected chi connectivity index (χ3v) is 4.42. The smallest absolute Gasteiger partial charge is 0.255 e. The lowest BCUT2D eigenvalue weighted by molar-refractivity contribution is -0.113. The zero-order valence-corrected chi connectivity index (χ0v) is 14.5. The second-order valence-electron chi connectivity index (χ2n) is 6.14. The van der Waals surface area contributed by atoms with Crippen molar-refractivity contribution >= 4 is 17.4 Å². The monoisotopic (exact) mass is 356 g/mol. The minimum Gasteiger partial charge on any atom is -0.343 e. The Morgan fingerprint density at radius 2 is 2.04 bits per heavy atom. The number of rotatable bonds is 3. The van der Waals surface area contributed by atoms with Crippen LogP contribution in [0.3, 0.4) is 0 Å². The van der Waals surface area contributed by atoms with E-state index in [2.05, 4.69) is 26.8 Å². The van der Waals surface area contributed by atoms with E-state index in [9.17, 15) is 10.1 Å². The molecule has 132 valence electrons. The second-order valence-corrected chi connectivity index (χ2v) is 6.14. The average Bonchev–Trinajstić information content (AvgIpc) is 3.10. The van der Waals surface area contributed by atoms with Crippen molar-refractivity contribution in [3.63, 3.8) is 0 Å². The predicted molar refractivity (Wildman–Crippen MR) is 101 cm³/mol. The number of pyridine rings is 1.